The maximum absolute atomic E-state index is 10.8. The summed E-state index contributed by atoms with van der Waals surface area (Å²) in [6.45, 7) is 0. The number of hydrogen-bond donors (Lipinski definition) is 1. The van der Waals surface area contributed by atoms with Gasteiger partial charge in [-0.05, 0) is 4.92 Å². The van der Waals surface area contributed by atoms with Crippen LogP contribution in [0.5, 0.6) is 0 Å². The van der Waals surface area contributed by atoms with Gasteiger partial charge in [0.2, 0.25) is 5.43 Å². The molecule has 0 saturated heterocycles. The van der Waals surface area contributed by atoms with Crippen molar-refractivity contribution in [2.45, 2.75) is 0 Å². The van der Waals surface area contributed by atoms with Gasteiger partial charge in [-0.1, -0.05) is 0 Å². The average molecular weight is 168 g/mol. The van der Waals surface area contributed by atoms with Crippen molar-refractivity contribution < 1.29 is 9.72 Å². The fourth-order valence-electron chi connectivity index (χ4n) is 0.745. The minimum absolute atomic E-state index is 0.164. The zero-order valence-electron chi connectivity index (χ0n) is 5.81. The zero-order chi connectivity index (χ0) is 9.14. The summed E-state index contributed by atoms with van der Waals surface area (Å²) in [6, 6.07) is 1.05. The van der Waals surface area contributed by atoms with Crippen molar-refractivity contribution in [2.75, 3.05) is 0 Å². The molecule has 0 unspecified atom stereocenters. The highest BCUT2D eigenvalue weighted by Crippen LogP contribution is 2.06. The number of aldehydes is 1. The molecule has 0 aliphatic heterocycles. The summed E-state index contributed by atoms with van der Waals surface area (Å²) < 4.78 is 0. The Hall–Kier alpha value is -1.98. The average Bonchev–Trinajstić information content (AvgIpc) is 2.03. The van der Waals surface area contributed by atoms with Gasteiger partial charge < -0.3 is 10.1 Å². The third kappa shape index (κ3) is 1.22. The van der Waals surface area contributed by atoms with Crippen molar-refractivity contribution in [1.29, 1.82) is 0 Å². The third-order valence-electron chi connectivity index (χ3n) is 1.28. The number of nitrogens with zero attached hydrogens (tertiary/aromatic N) is 1. The van der Waals surface area contributed by atoms with Crippen molar-refractivity contribution in [3.8, 4) is 0 Å². The molecule has 0 amide bonds. The molecule has 1 heterocycles. The van der Waals surface area contributed by atoms with E-state index in [1.807, 2.05) is 0 Å². The maximum Gasteiger partial charge on any atom is 0.335 e. The number of pyridine rings is 1. The van der Waals surface area contributed by atoms with E-state index in [1.54, 1.807) is 0 Å². The summed E-state index contributed by atoms with van der Waals surface area (Å²) in [4.78, 5) is 32.6. The van der Waals surface area contributed by atoms with E-state index in [1.165, 1.54) is 0 Å². The summed E-state index contributed by atoms with van der Waals surface area (Å²) >= 11 is 0. The van der Waals surface area contributed by atoms with Gasteiger partial charge in [0.1, 0.15) is 0 Å². The minimum atomic E-state index is -0.814. The molecular weight excluding hydrogens is 164 g/mol. The van der Waals surface area contributed by atoms with Crippen LogP contribution in [0.15, 0.2) is 17.1 Å². The molecule has 6 nitrogen and oxygen atoms in total. The van der Waals surface area contributed by atoms with Crippen molar-refractivity contribution in [1.82, 2.24) is 4.98 Å². The lowest BCUT2D eigenvalue weighted by Gasteiger charge is -1.94. The Bertz CT molecular complexity index is 381. The molecule has 0 bridgehead atoms. The lowest BCUT2D eigenvalue weighted by atomic mass is 10.3. The molecule has 0 fully saturated rings. The third-order valence-corrected chi connectivity index (χ3v) is 1.28. The molecule has 6 heteroatoms. The number of nitrogens with one attached hydrogen (secondary N) is 1. The van der Waals surface area contributed by atoms with Crippen LogP contribution < -0.4 is 5.43 Å². The van der Waals surface area contributed by atoms with Gasteiger partial charge in [-0.3, -0.25) is 9.59 Å². The first-order valence-electron chi connectivity index (χ1n) is 2.98. The molecule has 62 valence electrons. The molecule has 0 spiro atoms. The van der Waals surface area contributed by atoms with E-state index >= 15 is 0 Å². The zero-order valence-corrected chi connectivity index (χ0v) is 5.81. The number of H-pyrrole nitrogens is 1. The monoisotopic (exact) mass is 168 g/mol. The molecule has 0 atom stereocenters. The lowest BCUT2D eigenvalue weighted by Crippen LogP contribution is -2.10. The minimum Gasteiger partial charge on any atom is -0.358 e. The van der Waals surface area contributed by atoms with Gasteiger partial charge in [-0.15, -0.1) is 0 Å². The Morgan fingerprint density at radius 3 is 2.67 bits per heavy atom. The second-order valence-corrected chi connectivity index (χ2v) is 1.98. The first-order chi connectivity index (χ1) is 5.66. The molecule has 1 aromatic rings. The van der Waals surface area contributed by atoms with E-state index in [2.05, 4.69) is 4.98 Å². The van der Waals surface area contributed by atoms with Crippen molar-refractivity contribution >= 4 is 12.1 Å². The first kappa shape index (κ1) is 8.12. The first-order valence-corrected chi connectivity index (χ1v) is 2.98. The Labute approximate surface area is 66.0 Å². The van der Waals surface area contributed by atoms with E-state index in [-0.39, 0.29) is 6.29 Å². The van der Waals surface area contributed by atoms with E-state index in [0.29, 0.717) is 0 Å². The molecule has 1 aromatic heterocycles. The summed E-state index contributed by atoms with van der Waals surface area (Å²) in [5.41, 5.74) is -1.11. The Morgan fingerprint density at radius 2 is 2.25 bits per heavy atom. The van der Waals surface area contributed by atoms with Crippen LogP contribution in [0.2, 0.25) is 0 Å². The smallest absolute Gasteiger partial charge is 0.335 e. The largest absolute Gasteiger partial charge is 0.358 e. The number of rotatable bonds is 2. The standard InChI is InChI=1S/C6H4N2O4/c9-3-4-5(10)1-2-7-6(4)8(11)12/h1-3H,(H,7,10). The molecule has 0 aliphatic carbocycles. The van der Waals surface area contributed by atoms with E-state index in [4.69, 9.17) is 0 Å². The number of nitro groups is 1. The quantitative estimate of drug-likeness (QED) is 0.385. The number of aromatic nitrogens is 1. The molecule has 0 radical (unpaired) electrons. The second-order valence-electron chi connectivity index (χ2n) is 1.98. The summed E-state index contributed by atoms with van der Waals surface area (Å²) in [7, 11) is 0. The van der Waals surface area contributed by atoms with Crippen LogP contribution in [0.1, 0.15) is 10.4 Å². The Kier molecular flexibility index (Phi) is 2.00. The van der Waals surface area contributed by atoms with E-state index < -0.39 is 21.7 Å². The number of carbonyl (C=O) groups excluding carboxylic acids is 1. The van der Waals surface area contributed by atoms with Crippen LogP contribution in [0.25, 0.3) is 0 Å². The molecule has 0 aliphatic rings. The van der Waals surface area contributed by atoms with Crippen LogP contribution in [0.4, 0.5) is 5.82 Å². The van der Waals surface area contributed by atoms with Crippen molar-refractivity contribution in [3.05, 3.63) is 38.2 Å². The Balaban J connectivity index is 3.48. The number of carbonyl (C=O) groups is 1. The highest BCUT2D eigenvalue weighted by atomic mass is 16.6. The fraction of sp³-hybridized carbons (Fsp3) is 0. The van der Waals surface area contributed by atoms with Gasteiger partial charge in [-0.25, -0.2) is 4.98 Å². The van der Waals surface area contributed by atoms with Gasteiger partial charge in [-0.2, -0.15) is 0 Å². The highest BCUT2D eigenvalue weighted by molar-refractivity contribution is 5.79. The number of hydrogen-bond acceptors (Lipinski definition) is 4. The number of aromatic amines is 1. The molecule has 0 saturated carbocycles. The lowest BCUT2D eigenvalue weighted by molar-refractivity contribution is -0.389. The Morgan fingerprint density at radius 1 is 1.58 bits per heavy atom. The molecule has 1 rings (SSSR count). The fourth-order valence-corrected chi connectivity index (χ4v) is 0.745. The SMILES string of the molecule is O=Cc1c([N+](=O)[O-])[nH]ccc1=O. The van der Waals surface area contributed by atoms with Gasteiger partial charge >= 0.3 is 5.82 Å². The molecular formula is C6H4N2O4. The van der Waals surface area contributed by atoms with Crippen LogP contribution in [-0.4, -0.2) is 16.2 Å². The highest BCUT2D eigenvalue weighted by Gasteiger charge is 2.13. The van der Waals surface area contributed by atoms with E-state index in [0.717, 1.165) is 12.3 Å². The van der Waals surface area contributed by atoms with Gasteiger partial charge in [0, 0.05) is 6.07 Å². The summed E-state index contributed by atoms with van der Waals surface area (Å²) in [6.07, 6.45) is 1.28. The second kappa shape index (κ2) is 2.95. The van der Waals surface area contributed by atoms with Crippen LogP contribution in [0, 0.1) is 10.1 Å². The summed E-state index contributed by atoms with van der Waals surface area (Å²) in [5, 5.41) is 10.2. The van der Waals surface area contributed by atoms with Crippen molar-refractivity contribution in [3.63, 3.8) is 0 Å². The van der Waals surface area contributed by atoms with Crippen LogP contribution >= 0.6 is 0 Å². The predicted octanol–water partition coefficient (Wildman–Crippen LogP) is 0.0956. The maximum atomic E-state index is 10.8. The van der Waals surface area contributed by atoms with Crippen LogP contribution in [0.3, 0.4) is 0 Å². The van der Waals surface area contributed by atoms with Gasteiger partial charge in [0.15, 0.2) is 11.8 Å². The van der Waals surface area contributed by atoms with Crippen LogP contribution in [-0.2, 0) is 0 Å². The van der Waals surface area contributed by atoms with E-state index in [9.17, 15) is 19.7 Å². The summed E-state index contributed by atoms with van der Waals surface area (Å²) in [5.74, 6) is -0.572. The van der Waals surface area contributed by atoms with Gasteiger partial charge in [0.25, 0.3) is 0 Å². The predicted molar refractivity (Wildman–Crippen MR) is 39.1 cm³/mol. The molecule has 0 aromatic carbocycles. The normalized spacial score (nSPS) is 9.33. The molecule has 12 heavy (non-hydrogen) atoms. The van der Waals surface area contributed by atoms with Crippen molar-refractivity contribution in [2.24, 2.45) is 0 Å². The topological polar surface area (TPSA) is 93.1 Å². The van der Waals surface area contributed by atoms with Gasteiger partial charge in [0.05, 0.1) is 6.20 Å². The molecule has 1 N–H and O–H groups in total.